The summed E-state index contributed by atoms with van der Waals surface area (Å²) in [5.74, 6) is 0.0715. The maximum absolute atomic E-state index is 11.5. The van der Waals surface area contributed by atoms with Gasteiger partial charge in [0.2, 0.25) is 0 Å². The average Bonchev–Trinajstić information content (AvgIpc) is 3.68. The molecule has 1 atom stereocenters. The van der Waals surface area contributed by atoms with Gasteiger partial charge in [0.05, 0.1) is 0 Å². The fourth-order valence-corrected chi connectivity index (χ4v) is 8.49. The number of phenolic OH excluding ortho intramolecular Hbond substituents is 1. The first-order valence-corrected chi connectivity index (χ1v) is 20.9. The molecule has 5 heteroatoms. The standard InChI is InChI=1S/C57H51N3O.Pt/c1-37-32-41(53-45(39-20-12-9-13-21-39)23-16-25-48(53)57(5,6)7)28-29-50(37)60-51-26-17-24-46(54(51)59-55(60)47-22-14-15-27-52(47)61)42-33-43(35-44(34-42)56(2,3)4)49-36-40(30-31-58-49)38-18-10-8-11-19-38;/h8-32,34-36,55,61H,1-7H3;/q-2;+2/i1D3;. The summed E-state index contributed by atoms with van der Waals surface area (Å²) in [5.41, 5.74) is 13.8. The molecule has 1 aliphatic heterocycles. The third kappa shape index (κ3) is 8.13. The van der Waals surface area contributed by atoms with Crippen LogP contribution in [0.4, 0.5) is 17.1 Å². The van der Waals surface area contributed by atoms with Crippen molar-refractivity contribution in [2.24, 2.45) is 0 Å². The molecule has 310 valence electrons. The van der Waals surface area contributed by atoms with E-state index in [1.807, 2.05) is 102 Å². The van der Waals surface area contributed by atoms with E-state index in [-0.39, 0.29) is 43.2 Å². The van der Waals surface area contributed by atoms with Crippen molar-refractivity contribution >= 4 is 17.1 Å². The molecule has 8 aromatic rings. The summed E-state index contributed by atoms with van der Waals surface area (Å²) in [7, 11) is 0. The van der Waals surface area contributed by atoms with Crippen molar-refractivity contribution in [2.75, 3.05) is 4.90 Å². The molecule has 1 aliphatic rings. The summed E-state index contributed by atoms with van der Waals surface area (Å²) in [6.07, 6.45) is 1.07. The Hall–Kier alpha value is -6.22. The fourth-order valence-electron chi connectivity index (χ4n) is 8.49. The van der Waals surface area contributed by atoms with Gasteiger partial charge in [-0.15, -0.1) is 35.0 Å². The number of aromatic nitrogens is 1. The van der Waals surface area contributed by atoms with Gasteiger partial charge in [-0.2, -0.15) is 0 Å². The number of nitrogens with zero attached hydrogens (tertiary/aromatic N) is 3. The molecule has 0 saturated carbocycles. The van der Waals surface area contributed by atoms with E-state index in [9.17, 15) is 5.11 Å². The first-order chi connectivity index (χ1) is 30.6. The van der Waals surface area contributed by atoms with Crippen LogP contribution in [-0.2, 0) is 31.9 Å². The van der Waals surface area contributed by atoms with Gasteiger partial charge in [-0.25, -0.2) is 0 Å². The quantitative estimate of drug-likeness (QED) is 0.162. The second-order valence-electron chi connectivity index (χ2n) is 17.9. The van der Waals surface area contributed by atoms with Crippen LogP contribution in [0.1, 0.15) is 74.1 Å². The molecule has 2 heterocycles. The third-order valence-corrected chi connectivity index (χ3v) is 11.7. The molecule has 4 nitrogen and oxygen atoms in total. The molecule has 7 aromatic carbocycles. The van der Waals surface area contributed by atoms with E-state index < -0.39 is 13.0 Å². The van der Waals surface area contributed by atoms with E-state index in [0.717, 1.165) is 72.6 Å². The van der Waals surface area contributed by atoms with E-state index >= 15 is 0 Å². The molecule has 62 heavy (non-hydrogen) atoms. The largest absolute Gasteiger partial charge is 2.00 e. The Bertz CT molecular complexity index is 3010. The summed E-state index contributed by atoms with van der Waals surface area (Å²) in [6, 6.07) is 58.1. The molecule has 0 amide bonds. The van der Waals surface area contributed by atoms with Gasteiger partial charge in [-0.3, -0.25) is 4.98 Å². The minimum absolute atomic E-state index is 0. The Morgan fingerprint density at radius 1 is 0.613 bits per heavy atom. The van der Waals surface area contributed by atoms with Gasteiger partial charge in [0, 0.05) is 27.4 Å². The van der Waals surface area contributed by atoms with Crippen molar-refractivity contribution in [1.82, 2.24) is 4.98 Å². The van der Waals surface area contributed by atoms with E-state index in [4.69, 9.17) is 14.4 Å². The van der Waals surface area contributed by atoms with Crippen molar-refractivity contribution in [3.63, 3.8) is 0 Å². The molecular formula is C57H51N3OPt. The third-order valence-electron chi connectivity index (χ3n) is 11.7. The predicted octanol–water partition coefficient (Wildman–Crippen LogP) is 15.7. The Morgan fingerprint density at radius 3 is 2.00 bits per heavy atom. The number of phenols is 1. The number of rotatable bonds is 7. The topological polar surface area (TPSA) is 50.5 Å². The molecule has 0 radical (unpaired) electrons. The number of pyridine rings is 1. The van der Waals surface area contributed by atoms with Crippen molar-refractivity contribution in [2.45, 2.75) is 65.4 Å². The number of aryl methyl sites for hydroxylation is 1. The zero-order valence-electron chi connectivity index (χ0n) is 38.8. The molecule has 0 spiro atoms. The maximum Gasteiger partial charge on any atom is 2.00 e. The molecule has 0 bridgehead atoms. The van der Waals surface area contributed by atoms with E-state index in [1.165, 1.54) is 0 Å². The molecule has 1 unspecified atom stereocenters. The van der Waals surface area contributed by atoms with Crippen LogP contribution < -0.4 is 4.90 Å². The second-order valence-corrected chi connectivity index (χ2v) is 17.9. The van der Waals surface area contributed by atoms with Gasteiger partial charge >= 0.3 is 21.1 Å². The van der Waals surface area contributed by atoms with E-state index in [2.05, 4.69) is 108 Å². The van der Waals surface area contributed by atoms with Crippen molar-refractivity contribution in [3.05, 3.63) is 204 Å². The zero-order valence-corrected chi connectivity index (χ0v) is 38.1. The maximum atomic E-state index is 11.5. The van der Waals surface area contributed by atoms with Crippen LogP contribution in [0.15, 0.2) is 170 Å². The fraction of sp³-hybridized carbons (Fsp3) is 0.175. The SMILES string of the molecule is [2H]C([2H])([2H])c1cc(-c2c(-c3ccccc3)cccc2C(C)(C)C)ccc1N1c2cccc(-c3[c-]c(-c4cc(-c5ccccc5)ccn4)cc(C(C)(C)C)c3)c2[N-]C1c1ccccc1O.[Pt+2]. The number of fused-ring (bicyclic) bond motifs is 1. The summed E-state index contributed by atoms with van der Waals surface area (Å²) in [5, 5.41) is 16.9. The van der Waals surface area contributed by atoms with E-state index in [1.54, 1.807) is 12.1 Å². The van der Waals surface area contributed by atoms with Crippen LogP contribution in [0.5, 0.6) is 5.75 Å². The number of benzene rings is 7. The molecule has 0 fully saturated rings. The van der Waals surface area contributed by atoms with Crippen LogP contribution in [-0.4, -0.2) is 10.1 Å². The molecule has 0 aliphatic carbocycles. The van der Waals surface area contributed by atoms with Gasteiger partial charge < -0.3 is 15.3 Å². The monoisotopic (exact) mass is 991 g/mol. The van der Waals surface area contributed by atoms with Crippen LogP contribution in [0.25, 0.3) is 61.1 Å². The summed E-state index contributed by atoms with van der Waals surface area (Å²) in [4.78, 5) is 6.82. The average molecular weight is 992 g/mol. The minimum Gasteiger partial charge on any atom is -0.665 e. The van der Waals surface area contributed by atoms with E-state index in [0.29, 0.717) is 16.9 Å². The number of anilines is 2. The number of hydrogen-bond acceptors (Lipinski definition) is 3. The van der Waals surface area contributed by atoms with Gasteiger partial charge in [0.1, 0.15) is 5.75 Å². The molecule has 1 N–H and O–H groups in total. The number of hydrogen-bond donors (Lipinski definition) is 1. The molecular weight excluding hydrogens is 938 g/mol. The van der Waals surface area contributed by atoms with Crippen molar-refractivity contribution in [3.8, 4) is 61.5 Å². The first-order valence-electron chi connectivity index (χ1n) is 22.4. The smallest absolute Gasteiger partial charge is 0.665 e. The number of para-hydroxylation sites is 2. The zero-order chi connectivity index (χ0) is 45.0. The van der Waals surface area contributed by atoms with Gasteiger partial charge in [-0.1, -0.05) is 174 Å². The second kappa shape index (κ2) is 16.9. The van der Waals surface area contributed by atoms with Gasteiger partial charge in [-0.05, 0) is 104 Å². The Kier molecular flexibility index (Phi) is 10.6. The van der Waals surface area contributed by atoms with Crippen molar-refractivity contribution in [1.29, 1.82) is 0 Å². The van der Waals surface area contributed by atoms with Gasteiger partial charge in [0.25, 0.3) is 0 Å². The Balaban J connectivity index is 0.00000576. The van der Waals surface area contributed by atoms with Crippen LogP contribution in [0, 0.1) is 12.9 Å². The predicted molar refractivity (Wildman–Crippen MR) is 255 cm³/mol. The molecule has 0 saturated heterocycles. The number of aromatic hydroxyl groups is 1. The van der Waals surface area contributed by atoms with Gasteiger partial charge in [0.15, 0.2) is 0 Å². The summed E-state index contributed by atoms with van der Waals surface area (Å²) in [6.45, 7) is 10.6. The Labute approximate surface area is 385 Å². The summed E-state index contributed by atoms with van der Waals surface area (Å²) < 4.78 is 27.2. The first kappa shape index (κ1) is 38.7. The normalized spacial score (nSPS) is 14.5. The van der Waals surface area contributed by atoms with Crippen LogP contribution in [0.2, 0.25) is 0 Å². The Morgan fingerprint density at radius 2 is 1.29 bits per heavy atom. The minimum atomic E-state index is -2.51. The van der Waals surface area contributed by atoms with Crippen LogP contribution in [0.3, 0.4) is 0 Å². The van der Waals surface area contributed by atoms with Crippen molar-refractivity contribution < 1.29 is 30.3 Å². The molecule has 1 aromatic heterocycles. The molecule has 9 rings (SSSR count). The van der Waals surface area contributed by atoms with Crippen LogP contribution >= 0.6 is 0 Å². The summed E-state index contributed by atoms with van der Waals surface area (Å²) >= 11 is 0.